The van der Waals surface area contributed by atoms with Crippen LogP contribution in [-0.2, 0) is 4.89 Å². The van der Waals surface area contributed by atoms with E-state index in [1.54, 1.807) is 0 Å². The first-order valence-corrected chi connectivity index (χ1v) is 3.91. The van der Waals surface area contributed by atoms with E-state index in [2.05, 4.69) is 25.7 Å². The van der Waals surface area contributed by atoms with Gasteiger partial charge in [0, 0.05) is 0 Å². The van der Waals surface area contributed by atoms with Crippen LogP contribution in [0.5, 0.6) is 0 Å². The summed E-state index contributed by atoms with van der Waals surface area (Å²) < 4.78 is 0. The van der Waals surface area contributed by atoms with E-state index >= 15 is 0 Å². The molecule has 0 amide bonds. The van der Waals surface area contributed by atoms with Crippen molar-refractivity contribution < 1.29 is 10.1 Å². The molecule has 1 N–H and O–H groups in total. The molecule has 0 saturated heterocycles. The van der Waals surface area contributed by atoms with Crippen molar-refractivity contribution in [1.29, 1.82) is 0 Å². The third-order valence-electron chi connectivity index (χ3n) is 2.75. The molecule has 62 valence electrons. The standard InChI is InChI=1S/C8H18O2/c1-5-8(4,6-2)7(3)10-9/h7,9H,5-6H2,1-4H3. The molecular formula is C8H18O2. The minimum atomic E-state index is -0.0671. The Morgan fingerprint density at radius 2 is 1.80 bits per heavy atom. The van der Waals surface area contributed by atoms with E-state index in [-0.39, 0.29) is 11.5 Å². The van der Waals surface area contributed by atoms with E-state index in [4.69, 9.17) is 5.26 Å². The zero-order chi connectivity index (χ0) is 8.20. The Hall–Kier alpha value is -0.0800. The average molecular weight is 146 g/mol. The summed E-state index contributed by atoms with van der Waals surface area (Å²) in [7, 11) is 0. The van der Waals surface area contributed by atoms with Crippen LogP contribution < -0.4 is 0 Å². The number of hydrogen-bond donors (Lipinski definition) is 1. The van der Waals surface area contributed by atoms with Gasteiger partial charge in [0.15, 0.2) is 0 Å². The lowest BCUT2D eigenvalue weighted by molar-refractivity contribution is -0.298. The summed E-state index contributed by atoms with van der Waals surface area (Å²) in [6.07, 6.45) is 2.00. The van der Waals surface area contributed by atoms with Crippen molar-refractivity contribution in [2.75, 3.05) is 0 Å². The highest BCUT2D eigenvalue weighted by Gasteiger charge is 2.28. The molecule has 2 nitrogen and oxygen atoms in total. The van der Waals surface area contributed by atoms with Crippen molar-refractivity contribution in [1.82, 2.24) is 0 Å². The van der Waals surface area contributed by atoms with E-state index in [9.17, 15) is 0 Å². The Bertz CT molecular complexity index is 87.3. The summed E-state index contributed by atoms with van der Waals surface area (Å²) in [4.78, 5) is 4.30. The van der Waals surface area contributed by atoms with Gasteiger partial charge in [0.25, 0.3) is 0 Å². The second kappa shape index (κ2) is 3.94. The van der Waals surface area contributed by atoms with Crippen molar-refractivity contribution in [2.45, 2.75) is 46.6 Å². The van der Waals surface area contributed by atoms with Gasteiger partial charge in [-0.1, -0.05) is 20.8 Å². The van der Waals surface area contributed by atoms with Crippen molar-refractivity contribution in [3.8, 4) is 0 Å². The fourth-order valence-electron chi connectivity index (χ4n) is 0.952. The van der Waals surface area contributed by atoms with Crippen molar-refractivity contribution in [3.05, 3.63) is 0 Å². The van der Waals surface area contributed by atoms with Gasteiger partial charge in [-0.2, -0.15) is 0 Å². The van der Waals surface area contributed by atoms with Crippen LogP contribution in [0.1, 0.15) is 40.5 Å². The summed E-state index contributed by atoms with van der Waals surface area (Å²) in [6, 6.07) is 0. The number of rotatable bonds is 4. The Kier molecular flexibility index (Phi) is 3.91. The predicted octanol–water partition coefficient (Wildman–Crippen LogP) is 2.69. The molecule has 0 radical (unpaired) electrons. The number of hydrogen-bond acceptors (Lipinski definition) is 2. The molecule has 10 heavy (non-hydrogen) atoms. The van der Waals surface area contributed by atoms with Gasteiger partial charge in [0.05, 0.1) is 6.10 Å². The molecular weight excluding hydrogens is 128 g/mol. The molecule has 0 aromatic carbocycles. The van der Waals surface area contributed by atoms with Gasteiger partial charge in [-0.3, -0.25) is 5.26 Å². The van der Waals surface area contributed by atoms with Crippen LogP contribution in [0, 0.1) is 5.41 Å². The summed E-state index contributed by atoms with van der Waals surface area (Å²) in [6.45, 7) is 8.24. The molecule has 0 aromatic rings. The topological polar surface area (TPSA) is 29.5 Å². The second-order valence-electron chi connectivity index (χ2n) is 3.11. The minimum absolute atomic E-state index is 0.0671. The van der Waals surface area contributed by atoms with Crippen molar-refractivity contribution in [2.24, 2.45) is 5.41 Å². The molecule has 1 unspecified atom stereocenters. The highest BCUT2D eigenvalue weighted by Crippen LogP contribution is 2.30. The first-order chi connectivity index (χ1) is 4.60. The maximum absolute atomic E-state index is 8.43. The molecule has 0 heterocycles. The molecule has 0 saturated carbocycles. The zero-order valence-corrected chi connectivity index (χ0v) is 7.35. The molecule has 0 aromatic heterocycles. The molecule has 2 heteroatoms. The van der Waals surface area contributed by atoms with Gasteiger partial charge < -0.3 is 0 Å². The van der Waals surface area contributed by atoms with Crippen LogP contribution in [0.25, 0.3) is 0 Å². The van der Waals surface area contributed by atoms with Gasteiger partial charge in [-0.15, -0.1) is 0 Å². The Balaban J connectivity index is 4.02. The van der Waals surface area contributed by atoms with Crippen LogP contribution in [-0.4, -0.2) is 11.4 Å². The summed E-state index contributed by atoms with van der Waals surface area (Å²) in [5.41, 5.74) is 0.120. The van der Waals surface area contributed by atoms with E-state index in [0.717, 1.165) is 12.8 Å². The van der Waals surface area contributed by atoms with Crippen LogP contribution in [0.2, 0.25) is 0 Å². The summed E-state index contributed by atoms with van der Waals surface area (Å²) in [5.74, 6) is 0. The molecule has 0 aliphatic carbocycles. The van der Waals surface area contributed by atoms with Crippen molar-refractivity contribution in [3.63, 3.8) is 0 Å². The summed E-state index contributed by atoms with van der Waals surface area (Å²) >= 11 is 0. The third kappa shape index (κ3) is 1.96. The lowest BCUT2D eigenvalue weighted by atomic mass is 9.80. The Labute approximate surface area is 63.1 Å². The average Bonchev–Trinajstić information content (AvgIpc) is 2.01. The van der Waals surface area contributed by atoms with Gasteiger partial charge in [-0.25, -0.2) is 4.89 Å². The molecule has 0 rings (SSSR count). The lowest BCUT2D eigenvalue weighted by Crippen LogP contribution is -2.30. The van der Waals surface area contributed by atoms with Crippen LogP contribution in [0.15, 0.2) is 0 Å². The molecule has 0 bridgehead atoms. The van der Waals surface area contributed by atoms with Gasteiger partial charge >= 0.3 is 0 Å². The van der Waals surface area contributed by atoms with Gasteiger partial charge in [0.2, 0.25) is 0 Å². The van der Waals surface area contributed by atoms with Gasteiger partial charge in [0.1, 0.15) is 0 Å². The second-order valence-corrected chi connectivity index (χ2v) is 3.11. The van der Waals surface area contributed by atoms with E-state index < -0.39 is 0 Å². The maximum atomic E-state index is 8.43. The zero-order valence-electron chi connectivity index (χ0n) is 7.35. The lowest BCUT2D eigenvalue weighted by Gasteiger charge is -2.30. The van der Waals surface area contributed by atoms with E-state index in [0.29, 0.717) is 0 Å². The fourth-order valence-corrected chi connectivity index (χ4v) is 0.952. The fraction of sp³-hybridized carbons (Fsp3) is 1.00. The minimum Gasteiger partial charge on any atom is -0.252 e. The smallest absolute Gasteiger partial charge is 0.0952 e. The Morgan fingerprint density at radius 3 is 1.90 bits per heavy atom. The first-order valence-electron chi connectivity index (χ1n) is 3.91. The quantitative estimate of drug-likeness (QED) is 0.488. The SMILES string of the molecule is CCC(C)(CC)C(C)OO. The molecule has 0 aliphatic rings. The predicted molar refractivity (Wildman–Crippen MR) is 41.9 cm³/mol. The highest BCUT2D eigenvalue weighted by atomic mass is 17.1. The molecule has 0 aliphatic heterocycles. The Morgan fingerprint density at radius 1 is 1.40 bits per heavy atom. The van der Waals surface area contributed by atoms with Crippen molar-refractivity contribution >= 4 is 0 Å². The molecule has 0 spiro atoms. The molecule has 0 fully saturated rings. The molecule has 1 atom stereocenters. The van der Waals surface area contributed by atoms with E-state index in [1.165, 1.54) is 0 Å². The monoisotopic (exact) mass is 146 g/mol. The highest BCUT2D eigenvalue weighted by molar-refractivity contribution is 4.76. The van der Waals surface area contributed by atoms with Crippen LogP contribution in [0.4, 0.5) is 0 Å². The van der Waals surface area contributed by atoms with Crippen LogP contribution >= 0.6 is 0 Å². The summed E-state index contributed by atoms with van der Waals surface area (Å²) in [5, 5.41) is 8.43. The van der Waals surface area contributed by atoms with E-state index in [1.807, 2.05) is 6.92 Å². The third-order valence-corrected chi connectivity index (χ3v) is 2.75. The van der Waals surface area contributed by atoms with Crippen LogP contribution in [0.3, 0.4) is 0 Å². The normalized spacial score (nSPS) is 15.3. The largest absolute Gasteiger partial charge is 0.252 e. The maximum Gasteiger partial charge on any atom is 0.0952 e. The first kappa shape index (κ1) is 9.92. The van der Waals surface area contributed by atoms with Gasteiger partial charge in [-0.05, 0) is 25.2 Å².